The van der Waals surface area contributed by atoms with Crippen molar-refractivity contribution in [2.75, 3.05) is 13.1 Å². The third-order valence-electron chi connectivity index (χ3n) is 2.21. The van der Waals surface area contributed by atoms with Gasteiger partial charge in [0.05, 0.1) is 17.2 Å². The highest BCUT2D eigenvalue weighted by molar-refractivity contribution is 9.10. The Morgan fingerprint density at radius 3 is 2.86 bits per heavy atom. The molecule has 1 saturated heterocycles. The molecule has 0 aliphatic carbocycles. The maximum atomic E-state index is 13.1. The molecule has 0 saturated carbocycles. The molecule has 0 aromatic heterocycles. The van der Waals surface area contributed by atoms with Gasteiger partial charge in [-0.3, -0.25) is 0 Å². The second-order valence-corrected chi connectivity index (χ2v) is 4.19. The molecule has 0 amide bonds. The van der Waals surface area contributed by atoms with Gasteiger partial charge in [-0.2, -0.15) is 0 Å². The van der Waals surface area contributed by atoms with Crippen molar-refractivity contribution in [2.24, 2.45) is 0 Å². The molecule has 1 aliphatic heterocycles. The molecule has 76 valence electrons. The maximum Gasteiger partial charge on any atom is 0.137 e. The lowest BCUT2D eigenvalue weighted by Crippen LogP contribution is -2.48. The number of halogens is 2. The minimum Gasteiger partial charge on any atom is -0.371 e. The predicted octanol–water partition coefficient (Wildman–Crippen LogP) is 2.08. The van der Waals surface area contributed by atoms with Gasteiger partial charge in [0.25, 0.3) is 0 Å². The largest absolute Gasteiger partial charge is 0.371 e. The van der Waals surface area contributed by atoms with E-state index in [-0.39, 0.29) is 5.82 Å². The number of hydrogen-bond acceptors (Lipinski definition) is 2. The standard InChI is InChI=1S/C10H11BrFNO/c11-9-2-1-7(3-10(9)12)6-14-8-4-13-5-8/h1-3,8,13H,4-6H2. The lowest BCUT2D eigenvalue weighted by atomic mass is 10.2. The molecule has 14 heavy (non-hydrogen) atoms. The third kappa shape index (κ3) is 2.32. The first kappa shape index (κ1) is 10.1. The molecule has 0 spiro atoms. The average molecular weight is 260 g/mol. The first-order valence-corrected chi connectivity index (χ1v) is 5.31. The molecule has 1 heterocycles. The first-order valence-electron chi connectivity index (χ1n) is 4.52. The van der Waals surface area contributed by atoms with Crippen molar-refractivity contribution < 1.29 is 9.13 Å². The topological polar surface area (TPSA) is 21.3 Å². The minimum absolute atomic E-state index is 0.238. The van der Waals surface area contributed by atoms with E-state index in [0.717, 1.165) is 18.7 Å². The highest BCUT2D eigenvalue weighted by Crippen LogP contribution is 2.17. The van der Waals surface area contributed by atoms with E-state index in [1.807, 2.05) is 6.07 Å². The lowest BCUT2D eigenvalue weighted by Gasteiger charge is -2.27. The van der Waals surface area contributed by atoms with Crippen molar-refractivity contribution in [1.29, 1.82) is 0 Å². The van der Waals surface area contributed by atoms with Crippen molar-refractivity contribution in [3.8, 4) is 0 Å². The monoisotopic (exact) mass is 259 g/mol. The molecule has 2 nitrogen and oxygen atoms in total. The molecule has 1 aromatic rings. The van der Waals surface area contributed by atoms with Gasteiger partial charge in [-0.05, 0) is 33.6 Å². The Bertz CT molecular complexity index is 328. The van der Waals surface area contributed by atoms with Crippen molar-refractivity contribution >= 4 is 15.9 Å². The highest BCUT2D eigenvalue weighted by atomic mass is 79.9. The number of rotatable bonds is 3. The van der Waals surface area contributed by atoms with Gasteiger partial charge in [0.2, 0.25) is 0 Å². The van der Waals surface area contributed by atoms with Crippen LogP contribution in [0.5, 0.6) is 0 Å². The zero-order chi connectivity index (χ0) is 9.97. The van der Waals surface area contributed by atoms with Crippen LogP contribution in [0.4, 0.5) is 4.39 Å². The normalized spacial score (nSPS) is 16.7. The number of benzene rings is 1. The molecule has 0 bridgehead atoms. The van der Waals surface area contributed by atoms with Crippen LogP contribution in [0, 0.1) is 5.82 Å². The average Bonchev–Trinajstić information content (AvgIpc) is 2.08. The summed E-state index contributed by atoms with van der Waals surface area (Å²) in [4.78, 5) is 0. The molecule has 4 heteroatoms. The van der Waals surface area contributed by atoms with Crippen LogP contribution in [0.2, 0.25) is 0 Å². The maximum absolute atomic E-state index is 13.1. The number of nitrogens with one attached hydrogen (secondary N) is 1. The third-order valence-corrected chi connectivity index (χ3v) is 2.86. The van der Waals surface area contributed by atoms with E-state index in [1.54, 1.807) is 6.07 Å². The van der Waals surface area contributed by atoms with Gasteiger partial charge in [-0.1, -0.05) is 6.07 Å². The van der Waals surface area contributed by atoms with Gasteiger partial charge in [0.15, 0.2) is 0 Å². The van der Waals surface area contributed by atoms with Crippen molar-refractivity contribution in [2.45, 2.75) is 12.7 Å². The Morgan fingerprint density at radius 2 is 2.29 bits per heavy atom. The molecule has 0 radical (unpaired) electrons. The van der Waals surface area contributed by atoms with E-state index in [0.29, 0.717) is 17.2 Å². The summed E-state index contributed by atoms with van der Waals surface area (Å²) < 4.78 is 19.1. The van der Waals surface area contributed by atoms with Crippen LogP contribution < -0.4 is 5.32 Å². The second kappa shape index (κ2) is 4.38. The summed E-state index contributed by atoms with van der Waals surface area (Å²) in [6, 6.07) is 5.06. The van der Waals surface area contributed by atoms with Crippen LogP contribution >= 0.6 is 15.9 Å². The first-order chi connectivity index (χ1) is 6.75. The molecule has 1 aromatic carbocycles. The fourth-order valence-electron chi connectivity index (χ4n) is 1.22. The summed E-state index contributed by atoms with van der Waals surface area (Å²) in [6.45, 7) is 2.29. The molecule has 1 aliphatic rings. The molecular formula is C10H11BrFNO. The Balaban J connectivity index is 1.91. The number of ether oxygens (including phenoxy) is 1. The van der Waals surface area contributed by atoms with Crippen LogP contribution in [0.3, 0.4) is 0 Å². The van der Waals surface area contributed by atoms with Crippen LogP contribution in [0.1, 0.15) is 5.56 Å². The van der Waals surface area contributed by atoms with Crippen molar-refractivity contribution in [1.82, 2.24) is 5.32 Å². The minimum atomic E-state index is -0.238. The molecule has 1 fully saturated rings. The van der Waals surface area contributed by atoms with Crippen LogP contribution in [-0.4, -0.2) is 19.2 Å². The van der Waals surface area contributed by atoms with E-state index >= 15 is 0 Å². The van der Waals surface area contributed by atoms with Gasteiger partial charge < -0.3 is 10.1 Å². The Labute approximate surface area is 90.6 Å². The van der Waals surface area contributed by atoms with E-state index in [4.69, 9.17) is 4.74 Å². The fraction of sp³-hybridized carbons (Fsp3) is 0.400. The SMILES string of the molecule is Fc1cc(COC2CNC2)ccc1Br. The summed E-state index contributed by atoms with van der Waals surface area (Å²) in [5.41, 5.74) is 0.873. The van der Waals surface area contributed by atoms with Gasteiger partial charge >= 0.3 is 0 Å². The van der Waals surface area contributed by atoms with Gasteiger partial charge in [-0.25, -0.2) is 4.39 Å². The Hall–Kier alpha value is -0.450. The van der Waals surface area contributed by atoms with E-state index in [9.17, 15) is 4.39 Å². The van der Waals surface area contributed by atoms with Crippen LogP contribution in [0.15, 0.2) is 22.7 Å². The summed E-state index contributed by atoms with van der Waals surface area (Å²) in [7, 11) is 0. The molecule has 1 N–H and O–H groups in total. The smallest absolute Gasteiger partial charge is 0.137 e. The Morgan fingerprint density at radius 1 is 1.50 bits per heavy atom. The van der Waals surface area contributed by atoms with E-state index in [1.165, 1.54) is 6.07 Å². The molecule has 2 rings (SSSR count). The molecule has 0 atom stereocenters. The predicted molar refractivity (Wildman–Crippen MR) is 55.5 cm³/mol. The molecular weight excluding hydrogens is 249 g/mol. The second-order valence-electron chi connectivity index (χ2n) is 3.34. The summed E-state index contributed by atoms with van der Waals surface area (Å²) >= 11 is 3.11. The van der Waals surface area contributed by atoms with E-state index < -0.39 is 0 Å². The number of hydrogen-bond donors (Lipinski definition) is 1. The lowest BCUT2D eigenvalue weighted by molar-refractivity contribution is 0.00748. The van der Waals surface area contributed by atoms with Crippen molar-refractivity contribution in [3.05, 3.63) is 34.1 Å². The fourth-order valence-corrected chi connectivity index (χ4v) is 1.47. The van der Waals surface area contributed by atoms with Gasteiger partial charge in [0, 0.05) is 13.1 Å². The van der Waals surface area contributed by atoms with E-state index in [2.05, 4.69) is 21.2 Å². The summed E-state index contributed by atoms with van der Waals surface area (Å²) in [5, 5.41) is 3.11. The Kier molecular flexibility index (Phi) is 3.15. The molecule has 0 unspecified atom stereocenters. The summed E-state index contributed by atoms with van der Waals surface area (Å²) in [6.07, 6.45) is 0.293. The quantitative estimate of drug-likeness (QED) is 0.898. The van der Waals surface area contributed by atoms with Gasteiger partial charge in [-0.15, -0.1) is 0 Å². The summed E-state index contributed by atoms with van der Waals surface area (Å²) in [5.74, 6) is -0.238. The zero-order valence-corrected chi connectivity index (χ0v) is 9.18. The zero-order valence-electron chi connectivity index (χ0n) is 7.59. The van der Waals surface area contributed by atoms with Crippen molar-refractivity contribution in [3.63, 3.8) is 0 Å². The van der Waals surface area contributed by atoms with Crippen LogP contribution in [0.25, 0.3) is 0 Å². The van der Waals surface area contributed by atoms with Gasteiger partial charge in [0.1, 0.15) is 5.82 Å². The highest BCUT2D eigenvalue weighted by Gasteiger charge is 2.16. The van der Waals surface area contributed by atoms with Crippen LogP contribution in [-0.2, 0) is 11.3 Å².